The quantitative estimate of drug-likeness (QED) is 0.738. The molecule has 0 saturated carbocycles. The zero-order chi connectivity index (χ0) is 23.7. The van der Waals surface area contributed by atoms with Gasteiger partial charge in [0.15, 0.2) is 0 Å². The van der Waals surface area contributed by atoms with Crippen molar-refractivity contribution < 1.29 is 9.59 Å². The average molecular weight is 461 g/mol. The summed E-state index contributed by atoms with van der Waals surface area (Å²) in [6.45, 7) is 5.54. The van der Waals surface area contributed by atoms with Crippen LogP contribution in [0.25, 0.3) is 0 Å². The number of nitrogens with one attached hydrogen (secondary N) is 1. The number of fused-ring (bicyclic) bond motifs is 1. The fraction of sp³-hybridized carbons (Fsp3) is 0.385. The molecule has 3 heterocycles. The van der Waals surface area contributed by atoms with Crippen LogP contribution in [-0.4, -0.2) is 65.6 Å². The number of carbonyl (C=O) groups excluding carboxylic acids is 2. The zero-order valence-corrected chi connectivity index (χ0v) is 19.4. The average Bonchev–Trinajstić information content (AvgIpc) is 3.19. The highest BCUT2D eigenvalue weighted by Crippen LogP contribution is 2.39. The SMILES string of the molecule is CCCN1C=C2C(CC(c3ccc(C(=O)N4CCN(c5ccccc5)CC4)cc3)N2[O-])NC1=O. The van der Waals surface area contributed by atoms with Gasteiger partial charge in [-0.15, -0.1) is 0 Å². The van der Waals surface area contributed by atoms with Crippen LogP contribution in [0.3, 0.4) is 0 Å². The molecule has 8 heteroatoms. The summed E-state index contributed by atoms with van der Waals surface area (Å²) < 4.78 is 0. The number of anilines is 1. The van der Waals surface area contributed by atoms with Crippen molar-refractivity contribution in [3.8, 4) is 0 Å². The predicted octanol–water partition coefficient (Wildman–Crippen LogP) is 3.54. The molecule has 0 aromatic heterocycles. The van der Waals surface area contributed by atoms with Gasteiger partial charge < -0.3 is 25.4 Å². The molecule has 0 radical (unpaired) electrons. The number of rotatable bonds is 5. The molecule has 0 aliphatic carbocycles. The highest BCUT2D eigenvalue weighted by molar-refractivity contribution is 5.94. The van der Waals surface area contributed by atoms with Crippen molar-refractivity contribution in [1.82, 2.24) is 20.2 Å². The molecular formula is C26H30N5O3-. The number of hydrogen-bond acceptors (Lipinski definition) is 5. The number of hydroxylamine groups is 2. The molecule has 2 saturated heterocycles. The van der Waals surface area contributed by atoms with Gasteiger partial charge in [-0.05, 0) is 42.7 Å². The van der Waals surface area contributed by atoms with E-state index in [4.69, 9.17) is 0 Å². The van der Waals surface area contributed by atoms with E-state index < -0.39 is 0 Å². The fourth-order valence-corrected chi connectivity index (χ4v) is 5.02. The molecule has 3 aliphatic heterocycles. The Labute approximate surface area is 200 Å². The third-order valence-electron chi connectivity index (χ3n) is 6.90. The van der Waals surface area contributed by atoms with Crippen LogP contribution in [0.5, 0.6) is 0 Å². The first kappa shape index (κ1) is 22.3. The normalized spacial score (nSPS) is 22.4. The molecule has 2 fully saturated rings. The highest BCUT2D eigenvalue weighted by atomic mass is 16.5. The first-order chi connectivity index (χ1) is 16.5. The third-order valence-corrected chi connectivity index (χ3v) is 6.90. The van der Waals surface area contributed by atoms with E-state index in [2.05, 4.69) is 22.3 Å². The second-order valence-corrected chi connectivity index (χ2v) is 9.06. The van der Waals surface area contributed by atoms with E-state index in [0.717, 1.165) is 30.1 Å². The van der Waals surface area contributed by atoms with Gasteiger partial charge in [0.05, 0.1) is 6.04 Å². The van der Waals surface area contributed by atoms with Crippen molar-refractivity contribution in [1.29, 1.82) is 0 Å². The molecule has 2 unspecified atom stereocenters. The van der Waals surface area contributed by atoms with Crippen LogP contribution in [0.4, 0.5) is 10.5 Å². The molecule has 3 aliphatic rings. The van der Waals surface area contributed by atoms with Crippen LogP contribution in [-0.2, 0) is 0 Å². The summed E-state index contributed by atoms with van der Waals surface area (Å²) in [5, 5.41) is 17.0. The Kier molecular flexibility index (Phi) is 6.15. The van der Waals surface area contributed by atoms with E-state index in [0.29, 0.717) is 37.3 Å². The summed E-state index contributed by atoms with van der Waals surface area (Å²) in [5.74, 6) is 0.0171. The molecule has 2 aromatic rings. The second kappa shape index (κ2) is 9.38. The molecule has 3 amide bonds. The molecular weight excluding hydrogens is 430 g/mol. The van der Waals surface area contributed by atoms with E-state index in [9.17, 15) is 14.8 Å². The van der Waals surface area contributed by atoms with Crippen molar-refractivity contribution >= 4 is 17.6 Å². The van der Waals surface area contributed by atoms with Gasteiger partial charge in [0.2, 0.25) is 0 Å². The van der Waals surface area contributed by atoms with E-state index in [1.807, 2.05) is 54.3 Å². The van der Waals surface area contributed by atoms with Gasteiger partial charge in [-0.1, -0.05) is 37.3 Å². The Morgan fingerprint density at radius 2 is 1.74 bits per heavy atom. The van der Waals surface area contributed by atoms with Gasteiger partial charge in [-0.25, -0.2) is 4.79 Å². The molecule has 2 atom stereocenters. The number of piperazine rings is 1. The molecule has 1 N–H and O–H groups in total. The smallest absolute Gasteiger partial charge is 0.321 e. The number of amides is 3. The van der Waals surface area contributed by atoms with Crippen molar-refractivity contribution in [2.75, 3.05) is 37.6 Å². The topological polar surface area (TPSA) is 82.2 Å². The molecule has 34 heavy (non-hydrogen) atoms. The maximum absolute atomic E-state index is 13.1. The maximum atomic E-state index is 13.1. The van der Waals surface area contributed by atoms with E-state index >= 15 is 0 Å². The van der Waals surface area contributed by atoms with Crippen LogP contribution in [0.1, 0.15) is 41.7 Å². The number of urea groups is 1. The predicted molar refractivity (Wildman–Crippen MR) is 131 cm³/mol. The number of para-hydroxylation sites is 1. The standard InChI is InChI=1S/C26H30N5O3/c1-2-12-30-18-24-22(27-26(30)33)17-23(31(24)34)19-8-10-20(11-9-19)25(32)29-15-13-28(14-16-29)21-6-4-3-5-7-21/h3-11,18,22-23H,2,12-17H2,1H3,(H,27,33)/q-1. The molecule has 5 rings (SSSR count). The Bertz CT molecular complexity index is 1060. The minimum atomic E-state index is -0.378. The Morgan fingerprint density at radius 1 is 1.03 bits per heavy atom. The fourth-order valence-electron chi connectivity index (χ4n) is 5.02. The highest BCUT2D eigenvalue weighted by Gasteiger charge is 2.37. The Hall–Kier alpha value is -3.52. The lowest BCUT2D eigenvalue weighted by Gasteiger charge is -2.37. The summed E-state index contributed by atoms with van der Waals surface area (Å²) in [6, 6.07) is 16.8. The Balaban J connectivity index is 1.23. The summed E-state index contributed by atoms with van der Waals surface area (Å²) >= 11 is 0. The van der Waals surface area contributed by atoms with Crippen molar-refractivity contribution in [3.05, 3.63) is 82.8 Å². The first-order valence-corrected chi connectivity index (χ1v) is 12.0. The van der Waals surface area contributed by atoms with Gasteiger partial charge in [0, 0.05) is 61.9 Å². The maximum Gasteiger partial charge on any atom is 0.321 e. The third kappa shape index (κ3) is 4.21. The molecule has 2 aromatic carbocycles. The zero-order valence-electron chi connectivity index (χ0n) is 19.4. The molecule has 0 spiro atoms. The minimum absolute atomic E-state index is 0.0171. The lowest BCUT2D eigenvalue weighted by molar-refractivity contribution is 0.0746. The summed E-state index contributed by atoms with van der Waals surface area (Å²) in [7, 11) is 0. The van der Waals surface area contributed by atoms with Crippen molar-refractivity contribution in [2.24, 2.45) is 0 Å². The largest absolute Gasteiger partial charge is 0.758 e. The van der Waals surface area contributed by atoms with Crippen LogP contribution in [0, 0.1) is 5.21 Å². The first-order valence-electron chi connectivity index (χ1n) is 12.0. The summed E-state index contributed by atoms with van der Waals surface area (Å²) in [5.41, 5.74) is 3.26. The van der Waals surface area contributed by atoms with Gasteiger partial charge in [-0.3, -0.25) is 9.69 Å². The molecule has 8 nitrogen and oxygen atoms in total. The number of hydrogen-bond donors (Lipinski definition) is 1. The van der Waals surface area contributed by atoms with Gasteiger partial charge >= 0.3 is 6.03 Å². The van der Waals surface area contributed by atoms with Crippen LogP contribution >= 0.6 is 0 Å². The van der Waals surface area contributed by atoms with Gasteiger partial charge in [0.1, 0.15) is 0 Å². The van der Waals surface area contributed by atoms with Crippen LogP contribution in [0.15, 0.2) is 66.5 Å². The van der Waals surface area contributed by atoms with Crippen molar-refractivity contribution in [2.45, 2.75) is 31.8 Å². The lowest BCUT2D eigenvalue weighted by Crippen LogP contribution is -2.48. The van der Waals surface area contributed by atoms with E-state index in [-0.39, 0.29) is 24.0 Å². The van der Waals surface area contributed by atoms with Crippen LogP contribution < -0.4 is 10.2 Å². The summed E-state index contributed by atoms with van der Waals surface area (Å²) in [4.78, 5) is 31.1. The van der Waals surface area contributed by atoms with Gasteiger partial charge in [0.25, 0.3) is 5.91 Å². The lowest BCUT2D eigenvalue weighted by atomic mass is 10.0. The Morgan fingerprint density at radius 3 is 2.41 bits per heavy atom. The van der Waals surface area contributed by atoms with E-state index in [1.165, 1.54) is 5.69 Å². The number of carbonyl (C=O) groups is 2. The number of benzene rings is 2. The molecule has 178 valence electrons. The number of nitrogens with zero attached hydrogens (tertiary/aromatic N) is 4. The van der Waals surface area contributed by atoms with Gasteiger partial charge in [-0.2, -0.15) is 0 Å². The summed E-state index contributed by atoms with van der Waals surface area (Å²) in [6.07, 6.45) is 3.03. The van der Waals surface area contributed by atoms with Crippen LogP contribution in [0.2, 0.25) is 0 Å². The minimum Gasteiger partial charge on any atom is -0.758 e. The van der Waals surface area contributed by atoms with Crippen molar-refractivity contribution in [3.63, 3.8) is 0 Å². The monoisotopic (exact) mass is 460 g/mol. The molecule has 0 bridgehead atoms. The van der Waals surface area contributed by atoms with E-state index in [1.54, 1.807) is 11.1 Å². The second-order valence-electron chi connectivity index (χ2n) is 9.06.